The molecule has 0 saturated heterocycles. The first kappa shape index (κ1) is 29.8. The van der Waals surface area contributed by atoms with Crippen LogP contribution in [0.4, 0.5) is 33.5 Å². The Bertz CT molecular complexity index is 1620. The summed E-state index contributed by atoms with van der Waals surface area (Å²) < 4.78 is 7.47. The molecule has 2 aromatic heterocycles. The summed E-state index contributed by atoms with van der Waals surface area (Å²) in [7, 11) is 10.9. The molecule has 0 unspecified atom stereocenters. The third kappa shape index (κ3) is 6.58. The summed E-state index contributed by atoms with van der Waals surface area (Å²) in [5, 5.41) is 17.0. The first-order chi connectivity index (χ1) is 20.1. The molecule has 0 spiro atoms. The maximum Gasteiger partial charge on any atom is 0.319 e. The highest BCUT2D eigenvalue weighted by Crippen LogP contribution is 2.39. The topological polar surface area (TPSA) is 142 Å². The summed E-state index contributed by atoms with van der Waals surface area (Å²) in [5.74, 6) is 0.396. The number of nitrogens with one attached hydrogen (secondary N) is 4. The molecule has 2 heterocycles. The van der Waals surface area contributed by atoms with Crippen LogP contribution in [0.1, 0.15) is 0 Å². The molecule has 13 heteroatoms. The van der Waals surface area contributed by atoms with E-state index in [-0.39, 0.29) is 11.9 Å². The molecule has 42 heavy (non-hydrogen) atoms. The number of aryl methyl sites for hydroxylation is 1. The maximum atomic E-state index is 12.3. The molecule has 220 valence electrons. The van der Waals surface area contributed by atoms with Crippen LogP contribution in [0.15, 0.2) is 55.3 Å². The number of urea groups is 1. The van der Waals surface area contributed by atoms with Gasteiger partial charge in [-0.1, -0.05) is 24.8 Å². The fraction of sp³-hybridized carbons (Fsp3) is 0.276. The number of methoxy groups -OCH3 is 1. The number of ether oxygens (including phenoxy) is 1. The highest BCUT2D eigenvalue weighted by molar-refractivity contribution is 6.02. The molecule has 4 aromatic rings. The fourth-order valence-corrected chi connectivity index (χ4v) is 4.31. The number of rotatable bonds is 11. The molecule has 3 amide bonds. The number of amides is 3. The van der Waals surface area contributed by atoms with Crippen molar-refractivity contribution in [2.24, 2.45) is 7.05 Å². The third-order valence-electron chi connectivity index (χ3n) is 6.55. The van der Waals surface area contributed by atoms with Gasteiger partial charge in [-0.25, -0.2) is 14.8 Å². The number of carbonyl (C=O) groups excluding carboxylic acids is 2. The maximum absolute atomic E-state index is 12.3. The predicted molar refractivity (Wildman–Crippen MR) is 167 cm³/mol. The zero-order valence-corrected chi connectivity index (χ0v) is 24.6. The van der Waals surface area contributed by atoms with E-state index in [1.807, 2.05) is 63.4 Å². The van der Waals surface area contributed by atoms with Gasteiger partial charge in [-0.3, -0.25) is 9.48 Å². The molecule has 4 rings (SSSR count). The highest BCUT2D eigenvalue weighted by atomic mass is 16.5. The van der Waals surface area contributed by atoms with Gasteiger partial charge >= 0.3 is 6.03 Å². The van der Waals surface area contributed by atoms with Crippen LogP contribution in [0.5, 0.6) is 5.75 Å². The minimum absolute atomic E-state index is 0.232. The van der Waals surface area contributed by atoms with Crippen molar-refractivity contribution in [3.63, 3.8) is 0 Å². The summed E-state index contributed by atoms with van der Waals surface area (Å²) >= 11 is 0. The number of hydrogen-bond acceptors (Lipinski definition) is 9. The second kappa shape index (κ2) is 13.0. The predicted octanol–water partition coefficient (Wildman–Crippen LogP) is 3.66. The Morgan fingerprint density at radius 3 is 2.50 bits per heavy atom. The lowest BCUT2D eigenvalue weighted by Gasteiger charge is -2.26. The van der Waals surface area contributed by atoms with Gasteiger partial charge in [-0.15, -0.1) is 0 Å². The van der Waals surface area contributed by atoms with Gasteiger partial charge in [0.2, 0.25) is 11.9 Å². The molecule has 2 aromatic carbocycles. The first-order valence-corrected chi connectivity index (χ1v) is 13.2. The largest absolute Gasteiger partial charge is 0.494 e. The number of para-hydroxylation sites is 1. The van der Waals surface area contributed by atoms with Gasteiger partial charge in [0.05, 0.1) is 41.6 Å². The minimum Gasteiger partial charge on any atom is -0.494 e. The zero-order valence-electron chi connectivity index (χ0n) is 24.6. The lowest BCUT2D eigenvalue weighted by molar-refractivity contribution is -0.111. The fourth-order valence-electron chi connectivity index (χ4n) is 4.31. The van der Waals surface area contributed by atoms with Crippen LogP contribution in [0.25, 0.3) is 22.3 Å². The summed E-state index contributed by atoms with van der Waals surface area (Å²) in [6.07, 6.45) is 2.73. The normalized spacial score (nSPS) is 10.8. The second-order valence-electron chi connectivity index (χ2n) is 9.76. The van der Waals surface area contributed by atoms with E-state index in [4.69, 9.17) is 9.72 Å². The smallest absolute Gasteiger partial charge is 0.319 e. The van der Waals surface area contributed by atoms with Gasteiger partial charge in [0.25, 0.3) is 0 Å². The zero-order chi connectivity index (χ0) is 30.4. The molecular weight excluding hydrogens is 536 g/mol. The van der Waals surface area contributed by atoms with E-state index in [1.54, 1.807) is 17.9 Å². The van der Waals surface area contributed by atoms with E-state index in [2.05, 4.69) is 42.8 Å². The lowest BCUT2D eigenvalue weighted by atomic mass is 10.1. The molecule has 4 N–H and O–H groups in total. The number of anilines is 5. The number of benzene rings is 2. The molecule has 0 radical (unpaired) electrons. The number of aromatic nitrogens is 4. The summed E-state index contributed by atoms with van der Waals surface area (Å²) in [6, 6.07) is 10.9. The van der Waals surface area contributed by atoms with E-state index in [0.717, 1.165) is 23.1 Å². The lowest BCUT2D eigenvalue weighted by Crippen LogP contribution is -2.29. The van der Waals surface area contributed by atoms with Crippen LogP contribution >= 0.6 is 0 Å². The SMILES string of the molecule is C=CC(=O)Nc1cc(Nc2ncc(NC(=O)NC)c(-c3nn(C)c4ccccc34)n2)c(OC)cc1N(C)CCN(C)C. The number of likely N-dealkylation sites (N-methyl/N-ethyl adjacent to an activating group) is 2. The van der Waals surface area contributed by atoms with Crippen molar-refractivity contribution < 1.29 is 14.3 Å². The van der Waals surface area contributed by atoms with E-state index in [9.17, 15) is 9.59 Å². The Balaban J connectivity index is 1.80. The molecule has 0 bridgehead atoms. The van der Waals surface area contributed by atoms with E-state index >= 15 is 0 Å². The van der Waals surface area contributed by atoms with Crippen molar-refractivity contribution in [1.82, 2.24) is 30.0 Å². The van der Waals surface area contributed by atoms with Crippen LogP contribution in [-0.4, -0.2) is 85.0 Å². The Kier molecular flexibility index (Phi) is 9.22. The molecule has 0 aliphatic heterocycles. The molecule has 0 saturated carbocycles. The molecular formula is C29H36N10O3. The molecule has 0 aliphatic carbocycles. The number of nitrogens with zero attached hydrogens (tertiary/aromatic N) is 6. The highest BCUT2D eigenvalue weighted by Gasteiger charge is 2.20. The van der Waals surface area contributed by atoms with Crippen molar-refractivity contribution >= 4 is 51.5 Å². The average Bonchev–Trinajstić information content (AvgIpc) is 3.32. The van der Waals surface area contributed by atoms with Crippen LogP contribution in [0, 0.1) is 0 Å². The van der Waals surface area contributed by atoms with Crippen molar-refractivity contribution in [3.8, 4) is 17.1 Å². The molecule has 0 aliphatic rings. The second-order valence-corrected chi connectivity index (χ2v) is 9.76. The Hall–Kier alpha value is -5.17. The molecule has 0 atom stereocenters. The van der Waals surface area contributed by atoms with Crippen LogP contribution in [0.2, 0.25) is 0 Å². The Morgan fingerprint density at radius 1 is 1.05 bits per heavy atom. The van der Waals surface area contributed by atoms with E-state index in [1.165, 1.54) is 19.3 Å². The number of fused-ring (bicyclic) bond motifs is 1. The van der Waals surface area contributed by atoms with Gasteiger partial charge in [0.15, 0.2) is 0 Å². The number of carbonyl (C=O) groups is 2. The van der Waals surface area contributed by atoms with Crippen LogP contribution < -0.4 is 30.9 Å². The van der Waals surface area contributed by atoms with Gasteiger partial charge in [0, 0.05) is 45.7 Å². The van der Waals surface area contributed by atoms with E-state index in [0.29, 0.717) is 40.7 Å². The quantitative estimate of drug-likeness (QED) is 0.198. The number of hydrogen-bond donors (Lipinski definition) is 4. The Morgan fingerprint density at radius 2 is 1.81 bits per heavy atom. The van der Waals surface area contributed by atoms with Gasteiger partial charge < -0.3 is 35.8 Å². The summed E-state index contributed by atoms with van der Waals surface area (Å²) in [4.78, 5) is 37.9. The summed E-state index contributed by atoms with van der Waals surface area (Å²) in [6.45, 7) is 5.10. The summed E-state index contributed by atoms with van der Waals surface area (Å²) in [5.41, 5.74) is 4.13. The van der Waals surface area contributed by atoms with Crippen molar-refractivity contribution in [3.05, 3.63) is 55.3 Å². The van der Waals surface area contributed by atoms with Gasteiger partial charge in [-0.05, 0) is 32.3 Å². The van der Waals surface area contributed by atoms with Gasteiger partial charge in [-0.2, -0.15) is 5.10 Å². The van der Waals surface area contributed by atoms with Crippen molar-refractivity contribution in [2.75, 3.05) is 69.2 Å². The van der Waals surface area contributed by atoms with Crippen molar-refractivity contribution in [2.45, 2.75) is 0 Å². The van der Waals surface area contributed by atoms with E-state index < -0.39 is 6.03 Å². The molecule has 13 nitrogen and oxygen atoms in total. The molecule has 0 fully saturated rings. The first-order valence-electron chi connectivity index (χ1n) is 13.2. The standard InChI is InChI=1S/C29H36N10O3/c1-8-25(40)32-19-15-20(24(42-7)16-23(19)38(5)14-13-37(3)4)33-28-31-17-21(34-29(41)30-2)27(35-28)26-18-11-9-10-12-22(18)39(6)36-26/h8-12,15-17H,1,13-14H2,2-7H3,(H,32,40)(H2,30,34,41)(H,31,33,35). The van der Waals surface area contributed by atoms with Crippen LogP contribution in [0.3, 0.4) is 0 Å². The van der Waals surface area contributed by atoms with Crippen molar-refractivity contribution in [1.29, 1.82) is 0 Å². The Labute approximate surface area is 244 Å². The third-order valence-corrected chi connectivity index (χ3v) is 6.55. The minimum atomic E-state index is -0.418. The average molecular weight is 573 g/mol. The monoisotopic (exact) mass is 572 g/mol. The van der Waals surface area contributed by atoms with Crippen LogP contribution in [-0.2, 0) is 11.8 Å². The van der Waals surface area contributed by atoms with Gasteiger partial charge in [0.1, 0.15) is 17.1 Å².